The molecule has 0 saturated heterocycles. The molecule has 0 aliphatic heterocycles. The van der Waals surface area contributed by atoms with Crippen molar-refractivity contribution in [2.75, 3.05) is 0 Å². The van der Waals surface area contributed by atoms with Gasteiger partial charge in [-0.1, -0.05) is 90.5 Å². The molecular weight excluding hydrogens is 410 g/mol. The molecule has 0 bridgehead atoms. The lowest BCUT2D eigenvalue weighted by Crippen LogP contribution is -2.44. The highest BCUT2D eigenvalue weighted by Crippen LogP contribution is 2.24. The summed E-state index contributed by atoms with van der Waals surface area (Å²) in [5, 5.41) is 18.2. The van der Waals surface area contributed by atoms with E-state index in [-0.39, 0.29) is 0 Å². The van der Waals surface area contributed by atoms with Crippen LogP contribution in [0.15, 0.2) is 84.9 Å². The SMILES string of the molecule is CC(C)(O)C(C)(C)O.Cc1ccc(-c2nc(-c3ccccc3)nc(-c3ccccc3)n2)cc1. The topological polar surface area (TPSA) is 79.1 Å². The Balaban J connectivity index is 0.000000331. The molecule has 0 radical (unpaired) electrons. The van der Waals surface area contributed by atoms with Crippen molar-refractivity contribution in [1.29, 1.82) is 0 Å². The van der Waals surface area contributed by atoms with Gasteiger partial charge in [-0.2, -0.15) is 0 Å². The number of aromatic nitrogens is 3. The van der Waals surface area contributed by atoms with Gasteiger partial charge in [-0.15, -0.1) is 0 Å². The molecule has 0 aliphatic rings. The lowest BCUT2D eigenvalue weighted by molar-refractivity contribution is -0.107. The molecule has 5 heteroatoms. The molecule has 0 aliphatic carbocycles. The molecule has 3 aromatic carbocycles. The Morgan fingerprint density at radius 2 is 0.788 bits per heavy atom. The minimum atomic E-state index is -1.01. The second-order valence-corrected chi connectivity index (χ2v) is 9.02. The second-order valence-electron chi connectivity index (χ2n) is 9.02. The van der Waals surface area contributed by atoms with Gasteiger partial charge in [-0.3, -0.25) is 0 Å². The van der Waals surface area contributed by atoms with E-state index in [0.717, 1.165) is 16.7 Å². The molecule has 5 nitrogen and oxygen atoms in total. The third-order valence-corrected chi connectivity index (χ3v) is 5.51. The summed E-state index contributed by atoms with van der Waals surface area (Å²) < 4.78 is 0. The number of rotatable bonds is 4. The highest BCUT2D eigenvalue weighted by molar-refractivity contribution is 5.66. The van der Waals surface area contributed by atoms with E-state index in [4.69, 9.17) is 25.2 Å². The minimum Gasteiger partial charge on any atom is -0.387 e. The van der Waals surface area contributed by atoms with E-state index in [9.17, 15) is 0 Å². The molecule has 33 heavy (non-hydrogen) atoms. The van der Waals surface area contributed by atoms with E-state index in [2.05, 4.69) is 19.1 Å². The first kappa shape index (κ1) is 24.2. The van der Waals surface area contributed by atoms with Crippen LogP contribution in [0.1, 0.15) is 33.3 Å². The highest BCUT2D eigenvalue weighted by atomic mass is 16.3. The van der Waals surface area contributed by atoms with Crippen LogP contribution in [0.3, 0.4) is 0 Å². The molecule has 0 spiro atoms. The molecular formula is C28H31N3O2. The Bertz CT molecular complexity index is 1090. The van der Waals surface area contributed by atoms with Crippen LogP contribution in [0.5, 0.6) is 0 Å². The van der Waals surface area contributed by atoms with Crippen LogP contribution in [0.25, 0.3) is 34.2 Å². The Labute approximate surface area is 195 Å². The number of nitrogens with zero attached hydrogens (tertiary/aromatic N) is 3. The van der Waals surface area contributed by atoms with Gasteiger partial charge in [-0.25, -0.2) is 15.0 Å². The molecule has 0 amide bonds. The first-order chi connectivity index (χ1) is 15.5. The van der Waals surface area contributed by atoms with Crippen molar-refractivity contribution in [2.45, 2.75) is 45.8 Å². The molecule has 4 rings (SSSR count). The Morgan fingerprint density at radius 1 is 0.485 bits per heavy atom. The van der Waals surface area contributed by atoms with E-state index in [1.807, 2.05) is 72.8 Å². The van der Waals surface area contributed by atoms with Crippen LogP contribution in [-0.4, -0.2) is 36.4 Å². The van der Waals surface area contributed by atoms with E-state index < -0.39 is 11.2 Å². The second kappa shape index (κ2) is 10.0. The largest absolute Gasteiger partial charge is 0.387 e. The first-order valence-corrected chi connectivity index (χ1v) is 10.9. The molecule has 170 valence electrons. The minimum absolute atomic E-state index is 0.685. The molecule has 1 aromatic heterocycles. The maximum absolute atomic E-state index is 9.10. The monoisotopic (exact) mass is 441 g/mol. The van der Waals surface area contributed by atoms with Gasteiger partial charge < -0.3 is 10.2 Å². The van der Waals surface area contributed by atoms with E-state index in [1.54, 1.807) is 27.7 Å². The van der Waals surface area contributed by atoms with Gasteiger partial charge in [-0.05, 0) is 34.6 Å². The quantitative estimate of drug-likeness (QED) is 0.424. The van der Waals surface area contributed by atoms with Gasteiger partial charge in [0.15, 0.2) is 17.5 Å². The van der Waals surface area contributed by atoms with Gasteiger partial charge in [0.1, 0.15) is 0 Å². The molecule has 4 aromatic rings. The van der Waals surface area contributed by atoms with Crippen LogP contribution >= 0.6 is 0 Å². The van der Waals surface area contributed by atoms with Crippen LogP contribution in [0.2, 0.25) is 0 Å². The third-order valence-electron chi connectivity index (χ3n) is 5.51. The number of benzene rings is 3. The molecule has 0 saturated carbocycles. The molecule has 0 atom stereocenters. The Hall–Kier alpha value is -3.41. The van der Waals surface area contributed by atoms with Crippen molar-refractivity contribution in [3.8, 4) is 34.2 Å². The Morgan fingerprint density at radius 3 is 1.09 bits per heavy atom. The van der Waals surface area contributed by atoms with Gasteiger partial charge in [0, 0.05) is 16.7 Å². The van der Waals surface area contributed by atoms with Crippen LogP contribution in [0.4, 0.5) is 0 Å². The van der Waals surface area contributed by atoms with Gasteiger partial charge >= 0.3 is 0 Å². The molecule has 1 heterocycles. The summed E-state index contributed by atoms with van der Waals surface area (Å²) in [5.41, 5.74) is 2.15. The fraction of sp³-hybridized carbons (Fsp3) is 0.250. The Kier molecular flexibility index (Phi) is 7.36. The smallest absolute Gasteiger partial charge is 0.164 e. The predicted molar refractivity (Wildman–Crippen MR) is 133 cm³/mol. The summed E-state index contributed by atoms with van der Waals surface area (Å²) in [6.45, 7) is 8.38. The van der Waals surface area contributed by atoms with Crippen molar-refractivity contribution >= 4 is 0 Å². The first-order valence-electron chi connectivity index (χ1n) is 10.9. The summed E-state index contributed by atoms with van der Waals surface area (Å²) >= 11 is 0. The van der Waals surface area contributed by atoms with E-state index in [0.29, 0.717) is 17.5 Å². The van der Waals surface area contributed by atoms with Crippen molar-refractivity contribution in [1.82, 2.24) is 15.0 Å². The molecule has 2 N–H and O–H groups in total. The maximum Gasteiger partial charge on any atom is 0.164 e. The van der Waals surface area contributed by atoms with Gasteiger partial charge in [0.05, 0.1) is 11.2 Å². The summed E-state index contributed by atoms with van der Waals surface area (Å²) in [6.07, 6.45) is 0. The van der Waals surface area contributed by atoms with E-state index in [1.165, 1.54) is 5.56 Å². The fourth-order valence-electron chi connectivity index (χ4n) is 2.64. The average molecular weight is 442 g/mol. The van der Waals surface area contributed by atoms with Crippen molar-refractivity contribution in [2.24, 2.45) is 0 Å². The number of aliphatic hydroxyl groups is 2. The van der Waals surface area contributed by atoms with Crippen molar-refractivity contribution in [3.63, 3.8) is 0 Å². The summed E-state index contributed by atoms with van der Waals surface area (Å²) in [7, 11) is 0. The third kappa shape index (κ3) is 6.54. The van der Waals surface area contributed by atoms with Crippen molar-refractivity contribution in [3.05, 3.63) is 90.5 Å². The van der Waals surface area contributed by atoms with Crippen LogP contribution in [0, 0.1) is 6.92 Å². The summed E-state index contributed by atoms with van der Waals surface area (Å²) in [5.74, 6) is 2.06. The lowest BCUT2D eigenvalue weighted by Gasteiger charge is -2.31. The highest BCUT2D eigenvalue weighted by Gasteiger charge is 2.31. The molecule has 0 unspecified atom stereocenters. The average Bonchev–Trinajstić information content (AvgIpc) is 2.79. The van der Waals surface area contributed by atoms with Crippen molar-refractivity contribution < 1.29 is 10.2 Å². The van der Waals surface area contributed by atoms with Crippen LogP contribution < -0.4 is 0 Å². The number of aryl methyl sites for hydroxylation is 1. The van der Waals surface area contributed by atoms with Crippen LogP contribution in [-0.2, 0) is 0 Å². The van der Waals surface area contributed by atoms with Gasteiger partial charge in [0.25, 0.3) is 0 Å². The zero-order valence-electron chi connectivity index (χ0n) is 19.8. The molecule has 0 fully saturated rings. The standard InChI is InChI=1S/C22H17N3.C6H14O2/c1-16-12-14-19(15-13-16)22-24-20(17-8-4-2-5-9-17)23-21(25-22)18-10-6-3-7-11-18;1-5(2,7)6(3,4)8/h2-15H,1H3;7-8H,1-4H3. The fourth-order valence-corrected chi connectivity index (χ4v) is 2.64. The zero-order valence-corrected chi connectivity index (χ0v) is 19.8. The summed E-state index contributed by atoms with van der Waals surface area (Å²) in [6, 6.07) is 28.3. The van der Waals surface area contributed by atoms with Gasteiger partial charge in [0.2, 0.25) is 0 Å². The van der Waals surface area contributed by atoms with E-state index >= 15 is 0 Å². The normalized spacial score (nSPS) is 11.5. The summed E-state index contributed by atoms with van der Waals surface area (Å²) in [4.78, 5) is 14.1. The lowest BCUT2D eigenvalue weighted by atomic mass is 9.90. The number of hydrogen-bond donors (Lipinski definition) is 2. The zero-order chi connectivity index (χ0) is 24.1. The predicted octanol–water partition coefficient (Wildman–Crippen LogP) is 5.71. The maximum atomic E-state index is 9.10. The number of hydrogen-bond acceptors (Lipinski definition) is 5.